The molecule has 0 saturated heterocycles. The summed E-state index contributed by atoms with van der Waals surface area (Å²) < 4.78 is 0. The van der Waals surface area contributed by atoms with Crippen LogP contribution in [0.1, 0.15) is 6.92 Å². The molecule has 1 unspecified atom stereocenters. The third-order valence-electron chi connectivity index (χ3n) is 5.46. The minimum absolute atomic E-state index is 0.113. The lowest BCUT2D eigenvalue weighted by atomic mass is 10.0. The van der Waals surface area contributed by atoms with Crippen molar-refractivity contribution in [2.45, 2.75) is 17.3 Å². The molecule has 34 heavy (non-hydrogen) atoms. The lowest BCUT2D eigenvalue weighted by molar-refractivity contribution is -0.115. The SMILES string of the molecule is CC(Sc1nnc(-c2ccccc2)c(-c2ccccc2)n1)C(=O)Nc1cccc2ccccc12. The molecule has 1 N–H and O–H groups in total. The Morgan fingerprint density at radius 2 is 1.35 bits per heavy atom. The second kappa shape index (κ2) is 9.85. The molecule has 0 aliphatic rings. The number of nitrogens with one attached hydrogen (secondary N) is 1. The molecule has 0 fully saturated rings. The third kappa shape index (κ3) is 4.67. The van der Waals surface area contributed by atoms with Crippen LogP contribution < -0.4 is 5.32 Å². The molecule has 5 rings (SSSR count). The molecule has 1 heterocycles. The second-order valence-electron chi connectivity index (χ2n) is 7.80. The topological polar surface area (TPSA) is 67.8 Å². The maximum Gasteiger partial charge on any atom is 0.237 e. The van der Waals surface area contributed by atoms with Crippen LogP contribution in [0.15, 0.2) is 108 Å². The summed E-state index contributed by atoms with van der Waals surface area (Å²) in [6.45, 7) is 1.85. The summed E-state index contributed by atoms with van der Waals surface area (Å²) >= 11 is 1.29. The van der Waals surface area contributed by atoms with Gasteiger partial charge in [-0.3, -0.25) is 4.79 Å². The maximum atomic E-state index is 13.0. The van der Waals surface area contributed by atoms with E-state index in [0.29, 0.717) is 10.9 Å². The molecule has 0 spiro atoms. The molecular weight excluding hydrogens is 440 g/mol. The molecular formula is C28H22N4OS. The summed E-state index contributed by atoms with van der Waals surface area (Å²) in [4.78, 5) is 17.8. The summed E-state index contributed by atoms with van der Waals surface area (Å²) in [6, 6.07) is 33.7. The fourth-order valence-corrected chi connectivity index (χ4v) is 4.44. The number of benzene rings is 4. The van der Waals surface area contributed by atoms with Gasteiger partial charge in [0.1, 0.15) is 11.4 Å². The van der Waals surface area contributed by atoms with Crippen LogP contribution in [-0.4, -0.2) is 26.3 Å². The number of hydrogen-bond acceptors (Lipinski definition) is 5. The van der Waals surface area contributed by atoms with Gasteiger partial charge in [-0.2, -0.15) is 0 Å². The first-order valence-electron chi connectivity index (χ1n) is 11.0. The van der Waals surface area contributed by atoms with Crippen LogP contribution in [0.5, 0.6) is 0 Å². The Kier molecular flexibility index (Phi) is 6.31. The number of thioether (sulfide) groups is 1. The molecule has 0 aliphatic carbocycles. The predicted octanol–water partition coefficient (Wildman–Crippen LogP) is 6.48. The molecule has 0 radical (unpaired) electrons. The number of amides is 1. The van der Waals surface area contributed by atoms with E-state index in [2.05, 4.69) is 15.5 Å². The zero-order chi connectivity index (χ0) is 23.3. The van der Waals surface area contributed by atoms with E-state index in [1.54, 1.807) is 0 Å². The first-order chi connectivity index (χ1) is 16.7. The Balaban J connectivity index is 1.41. The Labute approximate surface area is 202 Å². The number of nitrogens with zero attached hydrogens (tertiary/aromatic N) is 3. The number of rotatable bonds is 6. The Morgan fingerprint density at radius 1 is 0.735 bits per heavy atom. The molecule has 5 aromatic rings. The van der Waals surface area contributed by atoms with E-state index in [1.165, 1.54) is 11.8 Å². The minimum Gasteiger partial charge on any atom is -0.325 e. The molecule has 1 aromatic heterocycles. The largest absolute Gasteiger partial charge is 0.325 e. The molecule has 0 aliphatic heterocycles. The normalized spacial score (nSPS) is 11.8. The fourth-order valence-electron chi connectivity index (χ4n) is 3.73. The van der Waals surface area contributed by atoms with E-state index in [4.69, 9.17) is 4.98 Å². The van der Waals surface area contributed by atoms with Gasteiger partial charge in [0.25, 0.3) is 0 Å². The molecule has 0 bridgehead atoms. The van der Waals surface area contributed by atoms with Crippen molar-refractivity contribution in [3.63, 3.8) is 0 Å². The first-order valence-corrected chi connectivity index (χ1v) is 11.9. The molecule has 6 heteroatoms. The van der Waals surface area contributed by atoms with Gasteiger partial charge in [-0.1, -0.05) is 109 Å². The monoisotopic (exact) mass is 462 g/mol. The number of aromatic nitrogens is 3. The van der Waals surface area contributed by atoms with Crippen LogP contribution in [0.3, 0.4) is 0 Å². The average molecular weight is 463 g/mol. The summed E-state index contributed by atoms with van der Waals surface area (Å²) in [7, 11) is 0. The van der Waals surface area contributed by atoms with Gasteiger partial charge in [0.2, 0.25) is 11.1 Å². The van der Waals surface area contributed by atoms with Gasteiger partial charge in [-0.05, 0) is 18.4 Å². The Hall–Kier alpha value is -4.03. The van der Waals surface area contributed by atoms with E-state index in [1.807, 2.05) is 110 Å². The quantitative estimate of drug-likeness (QED) is 0.293. The van der Waals surface area contributed by atoms with Gasteiger partial charge in [0.05, 0.1) is 5.25 Å². The summed E-state index contributed by atoms with van der Waals surface area (Å²) in [6.07, 6.45) is 0. The van der Waals surface area contributed by atoms with E-state index in [-0.39, 0.29) is 5.91 Å². The molecule has 0 saturated carbocycles. The van der Waals surface area contributed by atoms with Gasteiger partial charge in [-0.25, -0.2) is 4.98 Å². The zero-order valence-corrected chi connectivity index (χ0v) is 19.4. The van der Waals surface area contributed by atoms with Gasteiger partial charge >= 0.3 is 0 Å². The van der Waals surface area contributed by atoms with Crippen LogP contribution >= 0.6 is 11.8 Å². The predicted molar refractivity (Wildman–Crippen MR) is 139 cm³/mol. The smallest absolute Gasteiger partial charge is 0.237 e. The fraction of sp³-hybridized carbons (Fsp3) is 0.0714. The van der Waals surface area contributed by atoms with Crippen molar-refractivity contribution in [2.75, 3.05) is 5.32 Å². The van der Waals surface area contributed by atoms with Crippen molar-refractivity contribution < 1.29 is 4.79 Å². The van der Waals surface area contributed by atoms with Crippen LogP contribution in [0.4, 0.5) is 5.69 Å². The second-order valence-corrected chi connectivity index (χ2v) is 9.11. The first kappa shape index (κ1) is 21.8. The minimum atomic E-state index is -0.410. The van der Waals surface area contributed by atoms with E-state index in [9.17, 15) is 4.79 Å². The average Bonchev–Trinajstić information content (AvgIpc) is 2.90. The van der Waals surface area contributed by atoms with Crippen molar-refractivity contribution in [3.05, 3.63) is 103 Å². The highest BCUT2D eigenvalue weighted by Gasteiger charge is 2.20. The number of anilines is 1. The summed E-state index contributed by atoms with van der Waals surface area (Å²) in [5, 5.41) is 14.0. The molecule has 1 amide bonds. The standard InChI is InChI=1S/C28H22N4OS/c1-19(27(33)29-24-18-10-16-20-11-8-9-17-23(20)24)34-28-30-25(21-12-4-2-5-13-21)26(31-32-28)22-14-6-3-7-15-22/h2-19H,1H3,(H,29,33). The van der Waals surface area contributed by atoms with Crippen LogP contribution in [0, 0.1) is 0 Å². The number of carbonyl (C=O) groups is 1. The van der Waals surface area contributed by atoms with Crippen molar-refractivity contribution >= 4 is 34.1 Å². The highest BCUT2D eigenvalue weighted by molar-refractivity contribution is 8.00. The van der Waals surface area contributed by atoms with Crippen LogP contribution in [0.2, 0.25) is 0 Å². The van der Waals surface area contributed by atoms with Crippen molar-refractivity contribution in [2.24, 2.45) is 0 Å². The highest BCUT2D eigenvalue weighted by atomic mass is 32.2. The van der Waals surface area contributed by atoms with Gasteiger partial charge in [0, 0.05) is 22.2 Å². The summed E-state index contributed by atoms with van der Waals surface area (Å²) in [5.74, 6) is -0.113. The molecule has 4 aromatic carbocycles. The van der Waals surface area contributed by atoms with Crippen LogP contribution in [-0.2, 0) is 4.79 Å². The number of hydrogen-bond donors (Lipinski definition) is 1. The maximum absolute atomic E-state index is 13.0. The zero-order valence-electron chi connectivity index (χ0n) is 18.6. The van der Waals surface area contributed by atoms with Gasteiger partial charge in [0.15, 0.2) is 0 Å². The highest BCUT2D eigenvalue weighted by Crippen LogP contribution is 2.31. The third-order valence-corrected chi connectivity index (χ3v) is 6.41. The van der Waals surface area contributed by atoms with Crippen LogP contribution in [0.25, 0.3) is 33.3 Å². The van der Waals surface area contributed by atoms with E-state index in [0.717, 1.165) is 33.3 Å². The van der Waals surface area contributed by atoms with E-state index < -0.39 is 5.25 Å². The Morgan fingerprint density at radius 3 is 2.09 bits per heavy atom. The number of fused-ring (bicyclic) bond motifs is 1. The molecule has 1 atom stereocenters. The van der Waals surface area contributed by atoms with Crippen molar-refractivity contribution in [1.29, 1.82) is 0 Å². The van der Waals surface area contributed by atoms with Gasteiger partial charge in [-0.15, -0.1) is 10.2 Å². The summed E-state index contributed by atoms with van der Waals surface area (Å²) in [5.41, 5.74) is 4.14. The van der Waals surface area contributed by atoms with E-state index >= 15 is 0 Å². The number of carbonyl (C=O) groups excluding carboxylic acids is 1. The lowest BCUT2D eigenvalue weighted by Crippen LogP contribution is -2.23. The van der Waals surface area contributed by atoms with Crippen molar-refractivity contribution in [3.8, 4) is 22.5 Å². The molecule has 5 nitrogen and oxygen atoms in total. The Bertz CT molecular complexity index is 1440. The molecule has 166 valence electrons. The van der Waals surface area contributed by atoms with Crippen molar-refractivity contribution in [1.82, 2.24) is 15.2 Å². The lowest BCUT2D eigenvalue weighted by Gasteiger charge is -2.14. The van der Waals surface area contributed by atoms with Gasteiger partial charge < -0.3 is 5.32 Å².